The van der Waals surface area contributed by atoms with Gasteiger partial charge in [0.25, 0.3) is 5.91 Å². The second kappa shape index (κ2) is 8.06. The molecule has 0 radical (unpaired) electrons. The lowest BCUT2D eigenvalue weighted by Crippen LogP contribution is -2.55. The summed E-state index contributed by atoms with van der Waals surface area (Å²) in [7, 11) is 0. The maximum atomic E-state index is 13.0. The highest BCUT2D eigenvalue weighted by Gasteiger charge is 2.34. The van der Waals surface area contributed by atoms with Gasteiger partial charge in [0.1, 0.15) is 5.82 Å². The van der Waals surface area contributed by atoms with Crippen LogP contribution in [-0.4, -0.2) is 30.4 Å². The lowest BCUT2D eigenvalue weighted by molar-refractivity contribution is -0.127. The SMILES string of the molecule is NC1(C(=O)NCCCNC(=O)c2cccc(F)c2)CCCCC1. The second-order valence-corrected chi connectivity index (χ2v) is 6.09. The number of nitrogens with one attached hydrogen (secondary N) is 2. The molecule has 0 atom stereocenters. The third-order valence-electron chi connectivity index (χ3n) is 4.21. The van der Waals surface area contributed by atoms with E-state index in [1.165, 1.54) is 18.2 Å². The summed E-state index contributed by atoms with van der Waals surface area (Å²) >= 11 is 0. The molecule has 0 spiro atoms. The molecule has 0 aromatic heterocycles. The van der Waals surface area contributed by atoms with E-state index in [0.717, 1.165) is 32.1 Å². The number of carbonyl (C=O) groups is 2. The molecule has 1 aliphatic rings. The molecule has 1 fully saturated rings. The van der Waals surface area contributed by atoms with E-state index in [-0.39, 0.29) is 17.4 Å². The predicted octanol–water partition coefficient (Wildman–Crippen LogP) is 1.72. The average molecular weight is 321 g/mol. The summed E-state index contributed by atoms with van der Waals surface area (Å²) in [6.45, 7) is 0.869. The largest absolute Gasteiger partial charge is 0.354 e. The molecule has 1 aliphatic carbocycles. The molecule has 0 unspecified atom stereocenters. The van der Waals surface area contributed by atoms with E-state index < -0.39 is 11.4 Å². The third-order valence-corrected chi connectivity index (χ3v) is 4.21. The first-order chi connectivity index (χ1) is 11.0. The van der Waals surface area contributed by atoms with E-state index in [4.69, 9.17) is 5.73 Å². The Morgan fingerprint density at radius 3 is 2.52 bits per heavy atom. The fourth-order valence-electron chi connectivity index (χ4n) is 2.81. The quantitative estimate of drug-likeness (QED) is 0.698. The fraction of sp³-hybridized carbons (Fsp3) is 0.529. The standard InChI is InChI=1S/C17H24FN3O2/c18-14-7-4-6-13(12-14)15(22)20-10-5-11-21-16(23)17(19)8-2-1-3-9-17/h4,6-7,12H,1-3,5,8-11,19H2,(H,20,22)(H,21,23). The van der Waals surface area contributed by atoms with Gasteiger partial charge in [0.05, 0.1) is 5.54 Å². The van der Waals surface area contributed by atoms with Gasteiger partial charge < -0.3 is 16.4 Å². The monoisotopic (exact) mass is 321 g/mol. The van der Waals surface area contributed by atoms with Crippen molar-refractivity contribution in [1.82, 2.24) is 10.6 Å². The number of nitrogens with two attached hydrogens (primary N) is 1. The highest BCUT2D eigenvalue weighted by atomic mass is 19.1. The summed E-state index contributed by atoms with van der Waals surface area (Å²) in [5.74, 6) is -0.863. The molecule has 23 heavy (non-hydrogen) atoms. The normalized spacial score (nSPS) is 16.6. The van der Waals surface area contributed by atoms with Gasteiger partial charge in [-0.15, -0.1) is 0 Å². The van der Waals surface area contributed by atoms with E-state index in [1.807, 2.05) is 0 Å². The van der Waals surface area contributed by atoms with Gasteiger partial charge in [-0.05, 0) is 37.5 Å². The first kappa shape index (κ1) is 17.4. The van der Waals surface area contributed by atoms with Crippen molar-refractivity contribution in [2.75, 3.05) is 13.1 Å². The first-order valence-corrected chi connectivity index (χ1v) is 8.12. The van der Waals surface area contributed by atoms with E-state index in [2.05, 4.69) is 10.6 Å². The van der Waals surface area contributed by atoms with Gasteiger partial charge in [0.2, 0.25) is 5.91 Å². The minimum atomic E-state index is -0.733. The Kier molecular flexibility index (Phi) is 6.10. The van der Waals surface area contributed by atoms with Crippen molar-refractivity contribution >= 4 is 11.8 Å². The van der Waals surface area contributed by atoms with Crippen molar-refractivity contribution in [3.05, 3.63) is 35.6 Å². The molecule has 5 nitrogen and oxygen atoms in total. The molecule has 1 aromatic carbocycles. The summed E-state index contributed by atoms with van der Waals surface area (Å²) in [6, 6.07) is 5.54. The smallest absolute Gasteiger partial charge is 0.251 e. The van der Waals surface area contributed by atoms with Crippen molar-refractivity contribution in [3.8, 4) is 0 Å². The minimum absolute atomic E-state index is 0.103. The predicted molar refractivity (Wildman–Crippen MR) is 86.4 cm³/mol. The lowest BCUT2D eigenvalue weighted by atomic mass is 9.82. The number of hydrogen-bond acceptors (Lipinski definition) is 3. The van der Waals surface area contributed by atoms with Crippen LogP contribution < -0.4 is 16.4 Å². The van der Waals surface area contributed by atoms with Crippen LogP contribution in [0.3, 0.4) is 0 Å². The molecular formula is C17H24FN3O2. The van der Waals surface area contributed by atoms with E-state index in [1.54, 1.807) is 6.07 Å². The molecular weight excluding hydrogens is 297 g/mol. The Morgan fingerprint density at radius 2 is 1.83 bits per heavy atom. The van der Waals surface area contributed by atoms with Crippen LogP contribution in [0.5, 0.6) is 0 Å². The summed E-state index contributed by atoms with van der Waals surface area (Å²) in [6.07, 6.45) is 5.19. The zero-order valence-corrected chi connectivity index (χ0v) is 13.2. The summed E-state index contributed by atoms with van der Waals surface area (Å²) in [5.41, 5.74) is 5.69. The van der Waals surface area contributed by atoms with Gasteiger partial charge in [-0.2, -0.15) is 0 Å². The molecule has 2 amide bonds. The van der Waals surface area contributed by atoms with E-state index in [9.17, 15) is 14.0 Å². The van der Waals surface area contributed by atoms with Crippen molar-refractivity contribution in [3.63, 3.8) is 0 Å². The van der Waals surface area contributed by atoms with Crippen molar-refractivity contribution in [1.29, 1.82) is 0 Å². The van der Waals surface area contributed by atoms with Crippen molar-refractivity contribution in [2.24, 2.45) is 5.73 Å². The third kappa shape index (κ3) is 5.03. The highest BCUT2D eigenvalue weighted by Crippen LogP contribution is 2.25. The van der Waals surface area contributed by atoms with Crippen LogP contribution >= 0.6 is 0 Å². The summed E-state index contributed by atoms with van der Waals surface area (Å²) < 4.78 is 13.0. The molecule has 0 saturated heterocycles. The summed E-state index contributed by atoms with van der Waals surface area (Å²) in [5, 5.41) is 5.54. The highest BCUT2D eigenvalue weighted by molar-refractivity contribution is 5.94. The fourth-order valence-corrected chi connectivity index (χ4v) is 2.81. The Hall–Kier alpha value is -1.95. The first-order valence-electron chi connectivity index (χ1n) is 8.12. The topological polar surface area (TPSA) is 84.2 Å². The number of amides is 2. The second-order valence-electron chi connectivity index (χ2n) is 6.09. The van der Waals surface area contributed by atoms with Crippen LogP contribution in [-0.2, 0) is 4.79 Å². The molecule has 0 bridgehead atoms. The maximum absolute atomic E-state index is 13.0. The Balaban J connectivity index is 1.65. The Morgan fingerprint density at radius 1 is 1.13 bits per heavy atom. The molecule has 0 aliphatic heterocycles. The molecule has 1 saturated carbocycles. The van der Waals surface area contributed by atoms with Crippen LogP contribution in [0.25, 0.3) is 0 Å². The molecule has 1 aromatic rings. The van der Waals surface area contributed by atoms with Gasteiger partial charge >= 0.3 is 0 Å². The van der Waals surface area contributed by atoms with E-state index >= 15 is 0 Å². The number of benzene rings is 1. The van der Waals surface area contributed by atoms with Crippen LogP contribution in [0.15, 0.2) is 24.3 Å². The average Bonchev–Trinajstić information content (AvgIpc) is 2.55. The van der Waals surface area contributed by atoms with Crippen molar-refractivity contribution in [2.45, 2.75) is 44.1 Å². The zero-order valence-electron chi connectivity index (χ0n) is 13.2. The molecule has 6 heteroatoms. The van der Waals surface area contributed by atoms with Crippen LogP contribution in [0.1, 0.15) is 48.9 Å². The van der Waals surface area contributed by atoms with Crippen molar-refractivity contribution < 1.29 is 14.0 Å². The van der Waals surface area contributed by atoms with Gasteiger partial charge in [-0.1, -0.05) is 25.3 Å². The number of rotatable bonds is 6. The summed E-state index contributed by atoms with van der Waals surface area (Å²) in [4.78, 5) is 23.9. The zero-order chi connectivity index (χ0) is 16.7. The number of carbonyl (C=O) groups excluding carboxylic acids is 2. The number of halogens is 1. The molecule has 4 N–H and O–H groups in total. The van der Waals surface area contributed by atoms with Crippen LogP contribution in [0, 0.1) is 5.82 Å². The molecule has 0 heterocycles. The Labute approximate surface area is 135 Å². The van der Waals surface area contributed by atoms with Gasteiger partial charge in [-0.25, -0.2) is 4.39 Å². The van der Waals surface area contributed by atoms with Crippen LogP contribution in [0.2, 0.25) is 0 Å². The lowest BCUT2D eigenvalue weighted by Gasteiger charge is -2.31. The maximum Gasteiger partial charge on any atom is 0.251 e. The van der Waals surface area contributed by atoms with Gasteiger partial charge in [-0.3, -0.25) is 9.59 Å². The molecule has 126 valence electrons. The van der Waals surface area contributed by atoms with Gasteiger partial charge in [0, 0.05) is 18.7 Å². The van der Waals surface area contributed by atoms with Gasteiger partial charge in [0.15, 0.2) is 0 Å². The minimum Gasteiger partial charge on any atom is -0.354 e. The number of hydrogen-bond donors (Lipinski definition) is 3. The Bertz CT molecular complexity index is 557. The van der Waals surface area contributed by atoms with Crippen LogP contribution in [0.4, 0.5) is 4.39 Å². The molecule has 2 rings (SSSR count). The van der Waals surface area contributed by atoms with E-state index in [0.29, 0.717) is 19.5 Å².